The van der Waals surface area contributed by atoms with E-state index in [-0.39, 0.29) is 19.8 Å². The van der Waals surface area contributed by atoms with E-state index >= 15 is 0 Å². The van der Waals surface area contributed by atoms with Gasteiger partial charge in [-0.25, -0.2) is 14.2 Å². The first kappa shape index (κ1) is 19.1. The Kier molecular flexibility index (Phi) is 10.3. The Labute approximate surface area is 103 Å². The normalized spacial score (nSPS) is 10.0. The van der Waals surface area contributed by atoms with Gasteiger partial charge in [-0.2, -0.15) is 0 Å². The van der Waals surface area contributed by atoms with Crippen molar-refractivity contribution >= 4 is 19.8 Å². The molecule has 0 aromatic heterocycles. The van der Waals surface area contributed by atoms with Crippen molar-refractivity contribution in [1.82, 2.24) is 0 Å². The fraction of sp³-hybridized carbons (Fsp3) is 0.500. The molecule has 18 heavy (non-hydrogen) atoms. The van der Waals surface area contributed by atoms with Gasteiger partial charge >= 0.3 is 19.8 Å². The summed E-state index contributed by atoms with van der Waals surface area (Å²) in [5.41, 5.74) is 0.304. The maximum atomic E-state index is 10.7. The third-order valence-electron chi connectivity index (χ3n) is 1.03. The molecule has 0 spiro atoms. The molecule has 0 aliphatic rings. The van der Waals surface area contributed by atoms with Crippen molar-refractivity contribution < 1.29 is 43.4 Å². The van der Waals surface area contributed by atoms with Crippen molar-refractivity contribution in [2.75, 3.05) is 19.8 Å². The molecular formula is C8H15O9P. The highest BCUT2D eigenvalue weighted by molar-refractivity contribution is 7.45. The Morgan fingerprint density at radius 3 is 2.00 bits per heavy atom. The molecule has 0 heterocycles. The van der Waals surface area contributed by atoms with Gasteiger partial charge in [-0.15, -0.1) is 0 Å². The number of aliphatic carboxylic acids is 1. The predicted octanol–water partition coefficient (Wildman–Crippen LogP) is -0.722. The van der Waals surface area contributed by atoms with Crippen molar-refractivity contribution in [3.05, 3.63) is 12.2 Å². The SMILES string of the molecule is C=C(C)C(=O)OCCOCC(=O)O.O=P(O)(O)O. The summed E-state index contributed by atoms with van der Waals surface area (Å²) in [6, 6.07) is 0. The van der Waals surface area contributed by atoms with E-state index in [9.17, 15) is 9.59 Å². The summed E-state index contributed by atoms with van der Waals surface area (Å²) < 4.78 is 18.1. The van der Waals surface area contributed by atoms with Crippen molar-refractivity contribution in [2.24, 2.45) is 0 Å². The van der Waals surface area contributed by atoms with Gasteiger partial charge < -0.3 is 29.3 Å². The van der Waals surface area contributed by atoms with Gasteiger partial charge in [0.15, 0.2) is 0 Å². The Morgan fingerprint density at radius 1 is 1.22 bits per heavy atom. The summed E-state index contributed by atoms with van der Waals surface area (Å²) in [5.74, 6) is -1.55. The minimum Gasteiger partial charge on any atom is -0.480 e. The molecule has 0 aromatic carbocycles. The molecule has 0 fully saturated rings. The minimum absolute atomic E-state index is 0.0406. The van der Waals surface area contributed by atoms with Crippen molar-refractivity contribution in [2.45, 2.75) is 6.92 Å². The first-order valence-electron chi connectivity index (χ1n) is 4.44. The smallest absolute Gasteiger partial charge is 0.466 e. The highest BCUT2D eigenvalue weighted by Gasteiger charge is 2.02. The van der Waals surface area contributed by atoms with E-state index in [4.69, 9.17) is 24.4 Å². The summed E-state index contributed by atoms with van der Waals surface area (Å²) in [7, 11) is -4.64. The Hall–Kier alpha value is -1.25. The first-order valence-corrected chi connectivity index (χ1v) is 6.01. The van der Waals surface area contributed by atoms with Gasteiger partial charge in [0.2, 0.25) is 0 Å². The second kappa shape index (κ2) is 9.75. The number of carboxylic acids is 1. The maximum absolute atomic E-state index is 10.7. The Morgan fingerprint density at radius 2 is 1.67 bits per heavy atom. The van der Waals surface area contributed by atoms with Crippen molar-refractivity contribution in [3.8, 4) is 0 Å². The van der Waals surface area contributed by atoms with Gasteiger partial charge in [-0.1, -0.05) is 6.58 Å². The number of hydrogen-bond acceptors (Lipinski definition) is 5. The maximum Gasteiger partial charge on any atom is 0.466 e. The van der Waals surface area contributed by atoms with Crippen LogP contribution in [0.1, 0.15) is 6.92 Å². The summed E-state index contributed by atoms with van der Waals surface area (Å²) in [5, 5.41) is 8.16. The molecule has 9 nitrogen and oxygen atoms in total. The van der Waals surface area contributed by atoms with Crippen molar-refractivity contribution in [3.63, 3.8) is 0 Å². The van der Waals surface area contributed by atoms with Crippen LogP contribution >= 0.6 is 7.82 Å². The van der Waals surface area contributed by atoms with Crippen LogP contribution in [0.25, 0.3) is 0 Å². The van der Waals surface area contributed by atoms with Gasteiger partial charge in [0.05, 0.1) is 6.61 Å². The zero-order valence-electron chi connectivity index (χ0n) is 9.61. The zero-order valence-corrected chi connectivity index (χ0v) is 10.5. The van der Waals surface area contributed by atoms with Crippen LogP contribution in [0.2, 0.25) is 0 Å². The van der Waals surface area contributed by atoms with Crippen LogP contribution < -0.4 is 0 Å². The molecule has 0 amide bonds. The minimum atomic E-state index is -4.64. The standard InChI is InChI=1S/C8H12O5.H3O4P/c1-6(2)8(11)13-4-3-12-5-7(9)10;1-5(2,3)4/h1,3-5H2,2H3,(H,9,10);(H3,1,2,3,4). The van der Waals surface area contributed by atoms with Crippen LogP contribution in [0.3, 0.4) is 0 Å². The fourth-order valence-corrected chi connectivity index (χ4v) is 0.476. The zero-order chi connectivity index (χ0) is 14.8. The number of phosphoric acid groups is 1. The molecule has 0 aliphatic carbocycles. The van der Waals surface area contributed by atoms with Crippen LogP contribution in [-0.2, 0) is 23.6 Å². The quantitative estimate of drug-likeness (QED) is 0.214. The van der Waals surface area contributed by atoms with E-state index < -0.39 is 19.8 Å². The number of carbonyl (C=O) groups excluding carboxylic acids is 1. The number of carboxylic acid groups (broad SMARTS) is 1. The van der Waals surface area contributed by atoms with Crippen LogP contribution in [0.4, 0.5) is 0 Å². The molecule has 10 heteroatoms. The molecule has 0 radical (unpaired) electrons. The van der Waals surface area contributed by atoms with E-state index in [0.29, 0.717) is 5.57 Å². The highest BCUT2D eigenvalue weighted by Crippen LogP contribution is 2.25. The third kappa shape index (κ3) is 24.1. The van der Waals surface area contributed by atoms with E-state index in [1.807, 2.05) is 0 Å². The summed E-state index contributed by atoms with van der Waals surface area (Å²) in [6.45, 7) is 4.63. The average molecular weight is 286 g/mol. The largest absolute Gasteiger partial charge is 0.480 e. The Balaban J connectivity index is 0. The van der Waals surface area contributed by atoms with Crippen LogP contribution in [-0.4, -0.2) is 51.5 Å². The molecule has 0 unspecified atom stereocenters. The summed E-state index contributed by atoms with van der Waals surface area (Å²) in [6.07, 6.45) is 0. The third-order valence-corrected chi connectivity index (χ3v) is 1.03. The lowest BCUT2D eigenvalue weighted by molar-refractivity contribution is -0.144. The summed E-state index contributed by atoms with van der Waals surface area (Å²) in [4.78, 5) is 42.3. The molecule has 0 rings (SSSR count). The van der Waals surface area contributed by atoms with Gasteiger partial charge in [-0.3, -0.25) is 0 Å². The second-order valence-electron chi connectivity index (χ2n) is 2.88. The highest BCUT2D eigenvalue weighted by atomic mass is 31.2. The van der Waals surface area contributed by atoms with E-state index in [0.717, 1.165) is 0 Å². The van der Waals surface area contributed by atoms with E-state index in [1.165, 1.54) is 6.92 Å². The lowest BCUT2D eigenvalue weighted by Gasteiger charge is -2.03. The topological polar surface area (TPSA) is 151 Å². The van der Waals surface area contributed by atoms with E-state index in [2.05, 4.69) is 16.1 Å². The van der Waals surface area contributed by atoms with Crippen LogP contribution in [0.5, 0.6) is 0 Å². The van der Waals surface area contributed by atoms with Crippen LogP contribution in [0, 0.1) is 0 Å². The number of hydrogen-bond donors (Lipinski definition) is 4. The first-order chi connectivity index (χ1) is 8.04. The number of esters is 1. The molecule has 0 aliphatic heterocycles. The van der Waals surface area contributed by atoms with Crippen molar-refractivity contribution in [1.29, 1.82) is 0 Å². The van der Waals surface area contributed by atoms with Gasteiger partial charge in [0.1, 0.15) is 13.2 Å². The monoisotopic (exact) mass is 286 g/mol. The predicted molar refractivity (Wildman–Crippen MR) is 58.5 cm³/mol. The van der Waals surface area contributed by atoms with Crippen LogP contribution in [0.15, 0.2) is 12.2 Å². The molecule has 0 saturated carbocycles. The molecule has 0 bridgehead atoms. The fourth-order valence-electron chi connectivity index (χ4n) is 0.476. The molecule has 0 atom stereocenters. The molecule has 4 N–H and O–H groups in total. The van der Waals surface area contributed by atoms with Gasteiger partial charge in [0, 0.05) is 5.57 Å². The summed E-state index contributed by atoms with van der Waals surface area (Å²) >= 11 is 0. The average Bonchev–Trinajstić information content (AvgIpc) is 2.13. The molecule has 0 saturated heterocycles. The molecular weight excluding hydrogens is 271 g/mol. The Bertz CT molecular complexity index is 323. The van der Waals surface area contributed by atoms with Gasteiger partial charge in [0.25, 0.3) is 0 Å². The number of rotatable bonds is 6. The number of carbonyl (C=O) groups is 2. The molecule has 106 valence electrons. The second-order valence-corrected chi connectivity index (χ2v) is 3.90. The van der Waals surface area contributed by atoms with E-state index in [1.54, 1.807) is 0 Å². The molecule has 0 aromatic rings. The lowest BCUT2D eigenvalue weighted by atomic mass is 10.4. The lowest BCUT2D eigenvalue weighted by Crippen LogP contribution is -2.14. The van der Waals surface area contributed by atoms with Gasteiger partial charge in [-0.05, 0) is 6.92 Å². The number of ether oxygens (including phenoxy) is 2.